The van der Waals surface area contributed by atoms with Crippen LogP contribution in [0.5, 0.6) is 0 Å². The molecule has 4 heteroatoms. The predicted octanol–water partition coefficient (Wildman–Crippen LogP) is 0.756. The van der Waals surface area contributed by atoms with Gasteiger partial charge < -0.3 is 0 Å². The summed E-state index contributed by atoms with van der Waals surface area (Å²) in [6, 6.07) is 0. The Morgan fingerprint density at radius 2 is 2.18 bits per heavy atom. The Morgan fingerprint density at radius 1 is 1.64 bits per heavy atom. The molecule has 0 heterocycles. The third-order valence-corrected chi connectivity index (χ3v) is 2.29. The summed E-state index contributed by atoms with van der Waals surface area (Å²) in [5, 5.41) is 0. The second-order valence-corrected chi connectivity index (χ2v) is 4.09. The lowest BCUT2D eigenvalue weighted by atomic mass is 9.89. The maximum absolute atomic E-state index is 11.1. The Bertz CT molecular complexity index is 136. The summed E-state index contributed by atoms with van der Waals surface area (Å²) in [7, 11) is 0. The number of thioether (sulfide) groups is 1. The summed E-state index contributed by atoms with van der Waals surface area (Å²) in [5.41, 5.74) is 1.83. The quantitative estimate of drug-likeness (QED) is 0.378. The van der Waals surface area contributed by atoms with Crippen LogP contribution in [0, 0.1) is 5.41 Å². The van der Waals surface area contributed by atoms with Crippen LogP contribution < -0.4 is 11.3 Å². The second kappa shape index (κ2) is 4.62. The maximum atomic E-state index is 11.1. The number of hydrogen-bond acceptors (Lipinski definition) is 3. The summed E-state index contributed by atoms with van der Waals surface area (Å²) >= 11 is 1.74. The van der Waals surface area contributed by atoms with Crippen molar-refractivity contribution in [2.24, 2.45) is 11.3 Å². The van der Waals surface area contributed by atoms with Crippen LogP contribution in [0.2, 0.25) is 0 Å². The molecule has 0 aromatic carbocycles. The highest BCUT2D eigenvalue weighted by molar-refractivity contribution is 7.98. The van der Waals surface area contributed by atoms with E-state index >= 15 is 0 Å². The number of nitrogens with one attached hydrogen (secondary N) is 1. The van der Waals surface area contributed by atoms with Gasteiger partial charge in [-0.1, -0.05) is 13.8 Å². The Balaban J connectivity index is 3.88. The van der Waals surface area contributed by atoms with Crippen LogP contribution in [0.15, 0.2) is 0 Å². The fourth-order valence-corrected chi connectivity index (χ4v) is 1.38. The molecule has 0 spiro atoms. The third kappa shape index (κ3) is 3.62. The van der Waals surface area contributed by atoms with Gasteiger partial charge in [-0.15, -0.1) is 0 Å². The normalized spacial score (nSPS) is 11.3. The van der Waals surface area contributed by atoms with Crippen molar-refractivity contribution in [3.05, 3.63) is 0 Å². The standard InChI is InChI=1S/C7H16N2OS/c1-7(2,4-5-11-3)6(10)9-8/h4-5,8H2,1-3H3,(H,9,10). The molecular formula is C7H16N2OS. The smallest absolute Gasteiger partial charge is 0.239 e. The molecule has 0 fully saturated rings. The van der Waals surface area contributed by atoms with Crippen molar-refractivity contribution in [1.29, 1.82) is 0 Å². The van der Waals surface area contributed by atoms with Crippen molar-refractivity contribution in [2.45, 2.75) is 20.3 Å². The van der Waals surface area contributed by atoms with E-state index in [1.807, 2.05) is 20.1 Å². The van der Waals surface area contributed by atoms with Gasteiger partial charge in [0.15, 0.2) is 0 Å². The van der Waals surface area contributed by atoms with E-state index in [1.165, 1.54) is 0 Å². The average Bonchev–Trinajstić information content (AvgIpc) is 1.99. The van der Waals surface area contributed by atoms with Gasteiger partial charge in [0.05, 0.1) is 0 Å². The molecule has 0 radical (unpaired) electrons. The Hall–Kier alpha value is -0.220. The fourth-order valence-electron chi connectivity index (χ4n) is 0.666. The molecule has 0 saturated heterocycles. The lowest BCUT2D eigenvalue weighted by Crippen LogP contribution is -2.41. The summed E-state index contributed by atoms with van der Waals surface area (Å²) in [6.45, 7) is 3.79. The molecule has 3 nitrogen and oxygen atoms in total. The second-order valence-electron chi connectivity index (χ2n) is 3.10. The molecule has 0 unspecified atom stereocenters. The number of amides is 1. The number of rotatable bonds is 4. The van der Waals surface area contributed by atoms with E-state index in [0.717, 1.165) is 12.2 Å². The van der Waals surface area contributed by atoms with Gasteiger partial charge in [-0.05, 0) is 18.4 Å². The summed E-state index contributed by atoms with van der Waals surface area (Å²) < 4.78 is 0. The molecule has 0 aromatic rings. The molecule has 0 aliphatic carbocycles. The minimum atomic E-state index is -0.336. The molecule has 0 aliphatic heterocycles. The molecule has 0 atom stereocenters. The number of carbonyl (C=O) groups is 1. The zero-order chi connectivity index (χ0) is 8.91. The van der Waals surface area contributed by atoms with Crippen molar-refractivity contribution in [2.75, 3.05) is 12.0 Å². The largest absolute Gasteiger partial charge is 0.294 e. The molecule has 0 bridgehead atoms. The van der Waals surface area contributed by atoms with Gasteiger partial charge in [0.1, 0.15) is 0 Å². The number of hydrogen-bond donors (Lipinski definition) is 2. The van der Waals surface area contributed by atoms with Crippen molar-refractivity contribution in [3.8, 4) is 0 Å². The highest BCUT2D eigenvalue weighted by Gasteiger charge is 2.25. The van der Waals surface area contributed by atoms with E-state index in [9.17, 15) is 4.79 Å². The van der Waals surface area contributed by atoms with Gasteiger partial charge in [0, 0.05) is 5.41 Å². The van der Waals surface area contributed by atoms with Gasteiger partial charge in [0.2, 0.25) is 5.91 Å². The first-order chi connectivity index (χ1) is 5.04. The van der Waals surface area contributed by atoms with E-state index in [1.54, 1.807) is 11.8 Å². The van der Waals surface area contributed by atoms with E-state index < -0.39 is 0 Å². The van der Waals surface area contributed by atoms with E-state index in [-0.39, 0.29) is 11.3 Å². The molecule has 66 valence electrons. The maximum Gasteiger partial charge on any atom is 0.239 e. The third-order valence-electron chi connectivity index (χ3n) is 1.68. The molecule has 0 aliphatic rings. The van der Waals surface area contributed by atoms with Crippen LogP contribution in [-0.4, -0.2) is 17.9 Å². The molecule has 0 aromatic heterocycles. The highest BCUT2D eigenvalue weighted by atomic mass is 32.2. The zero-order valence-corrected chi connectivity index (χ0v) is 8.12. The van der Waals surface area contributed by atoms with Crippen molar-refractivity contribution in [1.82, 2.24) is 5.43 Å². The minimum absolute atomic E-state index is 0.0912. The van der Waals surface area contributed by atoms with Gasteiger partial charge in [-0.2, -0.15) is 11.8 Å². The minimum Gasteiger partial charge on any atom is -0.294 e. The van der Waals surface area contributed by atoms with Crippen LogP contribution in [0.1, 0.15) is 20.3 Å². The van der Waals surface area contributed by atoms with Gasteiger partial charge >= 0.3 is 0 Å². The van der Waals surface area contributed by atoms with E-state index in [2.05, 4.69) is 5.43 Å². The molecule has 3 N–H and O–H groups in total. The Labute approximate surface area is 72.1 Å². The SMILES string of the molecule is CSCCC(C)(C)C(=O)NN. The van der Waals surface area contributed by atoms with Gasteiger partial charge in [-0.3, -0.25) is 10.2 Å². The Kier molecular flexibility index (Phi) is 4.52. The van der Waals surface area contributed by atoms with Crippen molar-refractivity contribution in [3.63, 3.8) is 0 Å². The van der Waals surface area contributed by atoms with Crippen LogP contribution >= 0.6 is 11.8 Å². The first-order valence-electron chi connectivity index (χ1n) is 3.54. The summed E-state index contributed by atoms with van der Waals surface area (Å²) in [4.78, 5) is 11.1. The topological polar surface area (TPSA) is 55.1 Å². The summed E-state index contributed by atoms with van der Waals surface area (Å²) in [5.74, 6) is 5.92. The number of nitrogens with two attached hydrogens (primary N) is 1. The molecule has 0 rings (SSSR count). The lowest BCUT2D eigenvalue weighted by molar-refractivity contribution is -0.129. The van der Waals surface area contributed by atoms with E-state index in [0.29, 0.717) is 0 Å². The Morgan fingerprint density at radius 3 is 2.55 bits per heavy atom. The van der Waals surface area contributed by atoms with Gasteiger partial charge in [0.25, 0.3) is 0 Å². The molecule has 1 amide bonds. The van der Waals surface area contributed by atoms with Crippen molar-refractivity contribution < 1.29 is 4.79 Å². The first-order valence-corrected chi connectivity index (χ1v) is 4.94. The van der Waals surface area contributed by atoms with Gasteiger partial charge in [-0.25, -0.2) is 5.84 Å². The highest BCUT2D eigenvalue weighted by Crippen LogP contribution is 2.21. The van der Waals surface area contributed by atoms with E-state index in [4.69, 9.17) is 5.84 Å². The number of carbonyl (C=O) groups excluding carboxylic acids is 1. The molecule has 0 saturated carbocycles. The first kappa shape index (κ1) is 10.8. The van der Waals surface area contributed by atoms with Crippen LogP contribution in [0.4, 0.5) is 0 Å². The lowest BCUT2D eigenvalue weighted by Gasteiger charge is -2.21. The zero-order valence-electron chi connectivity index (χ0n) is 7.31. The van der Waals surface area contributed by atoms with Crippen molar-refractivity contribution >= 4 is 17.7 Å². The van der Waals surface area contributed by atoms with Crippen LogP contribution in [0.3, 0.4) is 0 Å². The number of hydrazine groups is 1. The molecule has 11 heavy (non-hydrogen) atoms. The summed E-state index contributed by atoms with van der Waals surface area (Å²) in [6.07, 6.45) is 2.88. The average molecular weight is 176 g/mol. The predicted molar refractivity (Wildman–Crippen MR) is 49.1 cm³/mol. The fraction of sp³-hybridized carbons (Fsp3) is 0.857. The monoisotopic (exact) mass is 176 g/mol. The molecular weight excluding hydrogens is 160 g/mol. The van der Waals surface area contributed by atoms with Crippen LogP contribution in [0.25, 0.3) is 0 Å². The van der Waals surface area contributed by atoms with Crippen LogP contribution in [-0.2, 0) is 4.79 Å².